The van der Waals surface area contributed by atoms with Crippen molar-refractivity contribution in [2.45, 2.75) is 0 Å². The minimum atomic E-state index is 0.407. The highest BCUT2D eigenvalue weighted by Gasteiger charge is 2.10. The first-order valence-corrected chi connectivity index (χ1v) is 6.15. The van der Waals surface area contributed by atoms with Crippen LogP contribution in [0.5, 0.6) is 17.2 Å². The maximum absolute atomic E-state index is 6.11. The van der Waals surface area contributed by atoms with E-state index >= 15 is 0 Å². The van der Waals surface area contributed by atoms with E-state index in [0.29, 0.717) is 33.6 Å². The molecule has 7 heteroatoms. The van der Waals surface area contributed by atoms with Crippen LogP contribution in [-0.2, 0) is 0 Å². The third kappa shape index (κ3) is 2.21. The lowest BCUT2D eigenvalue weighted by Crippen LogP contribution is -1.95. The van der Waals surface area contributed by atoms with Crippen molar-refractivity contribution in [3.8, 4) is 17.2 Å². The van der Waals surface area contributed by atoms with Crippen LogP contribution in [0.2, 0.25) is 5.02 Å². The Morgan fingerprint density at radius 1 is 1.25 bits per heavy atom. The summed E-state index contributed by atoms with van der Waals surface area (Å²) in [6.07, 6.45) is 3.22. The summed E-state index contributed by atoms with van der Waals surface area (Å²) in [5.41, 5.74) is 6.91. The molecular formula is C13H11ClN4O2. The number of nitrogens with zero attached hydrogens (tertiary/aromatic N) is 3. The molecule has 0 radical (unpaired) electrons. The van der Waals surface area contributed by atoms with Crippen LogP contribution >= 0.6 is 11.6 Å². The molecule has 0 aliphatic rings. The molecule has 2 N–H and O–H groups in total. The van der Waals surface area contributed by atoms with Crippen molar-refractivity contribution < 1.29 is 9.47 Å². The van der Waals surface area contributed by atoms with Gasteiger partial charge in [0.2, 0.25) is 0 Å². The number of methoxy groups -OCH3 is 1. The van der Waals surface area contributed by atoms with E-state index in [9.17, 15) is 0 Å². The third-order valence-electron chi connectivity index (χ3n) is 2.76. The van der Waals surface area contributed by atoms with Crippen molar-refractivity contribution in [1.82, 2.24) is 14.6 Å². The number of benzene rings is 1. The number of nitrogens with two attached hydrogens (primary N) is 1. The van der Waals surface area contributed by atoms with Gasteiger partial charge in [-0.05, 0) is 12.1 Å². The van der Waals surface area contributed by atoms with E-state index in [1.54, 1.807) is 35.0 Å². The SMILES string of the molecule is COc1cc(Oc2ccn3ncnc3c2)c(Cl)cc1N. The molecule has 102 valence electrons. The van der Waals surface area contributed by atoms with Gasteiger partial charge >= 0.3 is 0 Å². The monoisotopic (exact) mass is 290 g/mol. The van der Waals surface area contributed by atoms with E-state index in [2.05, 4.69) is 10.1 Å². The number of rotatable bonds is 3. The number of fused-ring (bicyclic) bond motifs is 1. The maximum Gasteiger partial charge on any atom is 0.158 e. The first-order chi connectivity index (χ1) is 9.67. The van der Waals surface area contributed by atoms with Gasteiger partial charge in [0, 0.05) is 18.3 Å². The number of anilines is 1. The zero-order valence-electron chi connectivity index (χ0n) is 10.6. The molecule has 2 heterocycles. The number of aromatic nitrogens is 3. The molecule has 0 aliphatic heterocycles. The average molecular weight is 291 g/mol. The van der Waals surface area contributed by atoms with Gasteiger partial charge in [-0.15, -0.1) is 0 Å². The fourth-order valence-corrected chi connectivity index (χ4v) is 2.00. The van der Waals surface area contributed by atoms with Gasteiger partial charge in [-0.1, -0.05) is 11.6 Å². The lowest BCUT2D eigenvalue weighted by molar-refractivity contribution is 0.411. The van der Waals surface area contributed by atoms with Crippen LogP contribution in [0.25, 0.3) is 5.65 Å². The van der Waals surface area contributed by atoms with Crippen molar-refractivity contribution in [1.29, 1.82) is 0 Å². The topological polar surface area (TPSA) is 74.7 Å². The summed E-state index contributed by atoms with van der Waals surface area (Å²) in [6.45, 7) is 0. The van der Waals surface area contributed by atoms with Crippen LogP contribution in [0.4, 0.5) is 5.69 Å². The molecule has 0 spiro atoms. The van der Waals surface area contributed by atoms with Gasteiger partial charge in [0.05, 0.1) is 17.8 Å². The maximum atomic E-state index is 6.11. The number of pyridine rings is 1. The molecule has 0 atom stereocenters. The van der Waals surface area contributed by atoms with Crippen LogP contribution in [0, 0.1) is 0 Å². The quantitative estimate of drug-likeness (QED) is 0.751. The minimum absolute atomic E-state index is 0.407. The molecule has 3 aromatic rings. The molecule has 0 aliphatic carbocycles. The molecule has 0 unspecified atom stereocenters. The Hall–Kier alpha value is -2.47. The van der Waals surface area contributed by atoms with Crippen molar-refractivity contribution in [2.24, 2.45) is 0 Å². The highest BCUT2D eigenvalue weighted by atomic mass is 35.5. The Morgan fingerprint density at radius 3 is 2.90 bits per heavy atom. The Balaban J connectivity index is 1.97. The van der Waals surface area contributed by atoms with E-state index < -0.39 is 0 Å². The molecule has 0 fully saturated rings. The van der Waals surface area contributed by atoms with Crippen LogP contribution < -0.4 is 15.2 Å². The van der Waals surface area contributed by atoms with Crippen LogP contribution in [0.15, 0.2) is 36.8 Å². The van der Waals surface area contributed by atoms with Crippen molar-refractivity contribution in [3.63, 3.8) is 0 Å². The van der Waals surface area contributed by atoms with Gasteiger partial charge < -0.3 is 15.2 Å². The van der Waals surface area contributed by atoms with Gasteiger partial charge in [0.1, 0.15) is 23.6 Å². The summed E-state index contributed by atoms with van der Waals surface area (Å²) in [5, 5.41) is 4.42. The third-order valence-corrected chi connectivity index (χ3v) is 3.06. The van der Waals surface area contributed by atoms with Gasteiger partial charge in [-0.3, -0.25) is 0 Å². The number of halogens is 1. The van der Waals surface area contributed by atoms with E-state index in [0.717, 1.165) is 0 Å². The van der Waals surface area contributed by atoms with E-state index in [-0.39, 0.29) is 0 Å². The molecule has 3 rings (SSSR count). The normalized spacial score (nSPS) is 10.7. The fraction of sp³-hybridized carbons (Fsp3) is 0.0769. The number of ether oxygens (including phenoxy) is 2. The lowest BCUT2D eigenvalue weighted by Gasteiger charge is -2.11. The molecule has 0 saturated carbocycles. The Bertz CT molecular complexity index is 772. The Kier molecular flexibility index (Phi) is 3.08. The lowest BCUT2D eigenvalue weighted by atomic mass is 10.3. The highest BCUT2D eigenvalue weighted by Crippen LogP contribution is 2.36. The summed E-state index contributed by atoms with van der Waals surface area (Å²) in [5.74, 6) is 1.56. The molecule has 0 saturated heterocycles. The van der Waals surface area contributed by atoms with Gasteiger partial charge in [-0.2, -0.15) is 5.10 Å². The van der Waals surface area contributed by atoms with E-state index in [4.69, 9.17) is 26.8 Å². The summed E-state index contributed by atoms with van der Waals surface area (Å²) in [6, 6.07) is 6.75. The fourth-order valence-electron chi connectivity index (χ4n) is 1.79. The van der Waals surface area contributed by atoms with Gasteiger partial charge in [0.15, 0.2) is 5.65 Å². The number of nitrogen functional groups attached to an aromatic ring is 1. The first-order valence-electron chi connectivity index (χ1n) is 5.77. The van der Waals surface area contributed by atoms with Crippen molar-refractivity contribution >= 4 is 22.9 Å². The standard InChI is InChI=1S/C13H11ClN4O2/c1-19-12-6-11(9(14)5-10(12)15)20-8-2-3-18-13(4-8)16-7-17-18/h2-7H,15H2,1H3. The molecule has 1 aromatic carbocycles. The number of hydrogen-bond acceptors (Lipinski definition) is 5. The summed E-state index contributed by atoms with van der Waals surface area (Å²) in [7, 11) is 1.53. The largest absolute Gasteiger partial charge is 0.494 e. The second-order valence-corrected chi connectivity index (χ2v) is 4.46. The second kappa shape index (κ2) is 4.90. The van der Waals surface area contributed by atoms with Gasteiger partial charge in [0.25, 0.3) is 0 Å². The summed E-state index contributed by atoms with van der Waals surface area (Å²) >= 11 is 6.11. The van der Waals surface area contributed by atoms with Crippen molar-refractivity contribution in [2.75, 3.05) is 12.8 Å². The second-order valence-electron chi connectivity index (χ2n) is 4.05. The Morgan fingerprint density at radius 2 is 2.10 bits per heavy atom. The molecule has 0 amide bonds. The zero-order chi connectivity index (χ0) is 14.1. The van der Waals surface area contributed by atoms with Crippen LogP contribution in [0.3, 0.4) is 0 Å². The van der Waals surface area contributed by atoms with Crippen LogP contribution in [-0.4, -0.2) is 21.7 Å². The Labute approximate surface area is 119 Å². The van der Waals surface area contributed by atoms with E-state index in [1.807, 2.05) is 0 Å². The smallest absolute Gasteiger partial charge is 0.158 e. The summed E-state index contributed by atoms with van der Waals surface area (Å²) < 4.78 is 12.5. The highest BCUT2D eigenvalue weighted by molar-refractivity contribution is 6.32. The minimum Gasteiger partial charge on any atom is -0.494 e. The van der Waals surface area contributed by atoms with Crippen LogP contribution in [0.1, 0.15) is 0 Å². The predicted molar refractivity (Wildman–Crippen MR) is 75.5 cm³/mol. The number of hydrogen-bond donors (Lipinski definition) is 1. The molecule has 6 nitrogen and oxygen atoms in total. The van der Waals surface area contributed by atoms with Crippen molar-refractivity contribution in [3.05, 3.63) is 41.8 Å². The molecular weight excluding hydrogens is 280 g/mol. The average Bonchev–Trinajstić information content (AvgIpc) is 2.89. The molecule has 20 heavy (non-hydrogen) atoms. The molecule has 0 bridgehead atoms. The molecule has 2 aromatic heterocycles. The summed E-state index contributed by atoms with van der Waals surface area (Å²) in [4.78, 5) is 4.09. The van der Waals surface area contributed by atoms with E-state index in [1.165, 1.54) is 13.4 Å². The predicted octanol–water partition coefficient (Wildman–Crippen LogP) is 2.77. The van der Waals surface area contributed by atoms with Gasteiger partial charge in [-0.25, -0.2) is 9.50 Å². The first kappa shape index (κ1) is 12.6. The zero-order valence-corrected chi connectivity index (χ0v) is 11.3.